The SMILES string of the molecule is Cc1ccccc1C(C(=O)NCc1ccccc1)N(CCO)C(=O)CNC(=O)OC(C)(C)C. The van der Waals surface area contributed by atoms with Crippen molar-refractivity contribution in [2.75, 3.05) is 19.7 Å². The van der Waals surface area contributed by atoms with E-state index in [9.17, 15) is 19.5 Å². The molecule has 8 nitrogen and oxygen atoms in total. The highest BCUT2D eigenvalue weighted by molar-refractivity contribution is 5.90. The number of hydrogen-bond acceptors (Lipinski definition) is 5. The molecule has 0 heterocycles. The molecule has 0 aliphatic rings. The lowest BCUT2D eigenvalue weighted by Gasteiger charge is -2.32. The average Bonchev–Trinajstić information content (AvgIpc) is 2.76. The molecular formula is C25H33N3O5. The predicted octanol–water partition coefficient (Wildman–Crippen LogP) is 2.70. The van der Waals surface area contributed by atoms with E-state index in [4.69, 9.17) is 4.74 Å². The van der Waals surface area contributed by atoms with Gasteiger partial charge in [0, 0.05) is 13.1 Å². The summed E-state index contributed by atoms with van der Waals surface area (Å²) in [5.74, 6) is -0.898. The molecule has 2 rings (SSSR count). The minimum absolute atomic E-state index is 0.0768. The minimum atomic E-state index is -0.977. The van der Waals surface area contributed by atoms with E-state index in [1.165, 1.54) is 4.90 Å². The van der Waals surface area contributed by atoms with Gasteiger partial charge in [0.25, 0.3) is 0 Å². The van der Waals surface area contributed by atoms with Crippen molar-refractivity contribution in [2.45, 2.75) is 45.9 Å². The number of amides is 3. The maximum atomic E-state index is 13.3. The van der Waals surface area contributed by atoms with Crippen LogP contribution in [0.3, 0.4) is 0 Å². The zero-order valence-corrected chi connectivity index (χ0v) is 19.6. The van der Waals surface area contributed by atoms with Crippen molar-refractivity contribution in [3.63, 3.8) is 0 Å². The summed E-state index contributed by atoms with van der Waals surface area (Å²) in [5, 5.41) is 15.0. The van der Waals surface area contributed by atoms with Crippen molar-refractivity contribution in [3.8, 4) is 0 Å². The van der Waals surface area contributed by atoms with E-state index in [1.807, 2.05) is 49.4 Å². The van der Waals surface area contributed by atoms with Crippen LogP contribution < -0.4 is 10.6 Å². The lowest BCUT2D eigenvalue weighted by molar-refractivity contribution is -0.140. The Bertz CT molecular complexity index is 941. The molecule has 0 fully saturated rings. The first kappa shape index (κ1) is 25.9. The molecule has 1 unspecified atom stereocenters. The fourth-order valence-corrected chi connectivity index (χ4v) is 3.29. The molecule has 178 valence electrons. The Morgan fingerprint density at radius 3 is 2.24 bits per heavy atom. The number of ether oxygens (including phenoxy) is 1. The largest absolute Gasteiger partial charge is 0.444 e. The fourth-order valence-electron chi connectivity index (χ4n) is 3.29. The quantitative estimate of drug-likeness (QED) is 0.539. The van der Waals surface area contributed by atoms with Gasteiger partial charge in [0.2, 0.25) is 11.8 Å². The van der Waals surface area contributed by atoms with Gasteiger partial charge in [-0.25, -0.2) is 4.79 Å². The van der Waals surface area contributed by atoms with Crippen LogP contribution in [-0.2, 0) is 20.9 Å². The summed E-state index contributed by atoms with van der Waals surface area (Å²) in [6.45, 7) is 6.52. The number of aliphatic hydroxyl groups excluding tert-OH is 1. The Morgan fingerprint density at radius 1 is 1.00 bits per heavy atom. The second kappa shape index (κ2) is 12.0. The molecule has 0 aliphatic carbocycles. The highest BCUT2D eigenvalue weighted by Crippen LogP contribution is 2.24. The van der Waals surface area contributed by atoms with Gasteiger partial charge in [-0.2, -0.15) is 0 Å². The molecule has 0 aliphatic heterocycles. The van der Waals surface area contributed by atoms with Crippen molar-refractivity contribution in [1.82, 2.24) is 15.5 Å². The predicted molar refractivity (Wildman–Crippen MR) is 125 cm³/mol. The van der Waals surface area contributed by atoms with Crippen LogP contribution in [0.5, 0.6) is 0 Å². The summed E-state index contributed by atoms with van der Waals surface area (Å²) in [6.07, 6.45) is -0.735. The molecule has 2 aromatic rings. The molecule has 2 aromatic carbocycles. The zero-order valence-electron chi connectivity index (χ0n) is 19.6. The third kappa shape index (κ3) is 8.23. The second-order valence-electron chi connectivity index (χ2n) is 8.63. The Balaban J connectivity index is 2.25. The van der Waals surface area contributed by atoms with Crippen LogP contribution in [-0.4, -0.2) is 53.2 Å². The average molecular weight is 456 g/mol. The van der Waals surface area contributed by atoms with Crippen molar-refractivity contribution in [2.24, 2.45) is 0 Å². The highest BCUT2D eigenvalue weighted by Gasteiger charge is 2.32. The summed E-state index contributed by atoms with van der Waals surface area (Å²) in [4.78, 5) is 39.7. The van der Waals surface area contributed by atoms with E-state index in [0.29, 0.717) is 12.1 Å². The van der Waals surface area contributed by atoms with E-state index < -0.39 is 23.6 Å². The van der Waals surface area contributed by atoms with E-state index in [-0.39, 0.29) is 25.6 Å². The number of carbonyl (C=O) groups is 3. The number of nitrogens with one attached hydrogen (secondary N) is 2. The topological polar surface area (TPSA) is 108 Å². The number of aliphatic hydroxyl groups is 1. The third-order valence-electron chi connectivity index (χ3n) is 4.80. The summed E-state index contributed by atoms with van der Waals surface area (Å²) in [5.41, 5.74) is 1.68. The molecule has 0 aromatic heterocycles. The Morgan fingerprint density at radius 2 is 1.64 bits per heavy atom. The molecule has 8 heteroatoms. The lowest BCUT2D eigenvalue weighted by Crippen LogP contribution is -2.48. The first-order valence-electron chi connectivity index (χ1n) is 10.9. The number of benzene rings is 2. The molecule has 0 spiro atoms. The number of carbonyl (C=O) groups excluding carboxylic acids is 3. The van der Waals surface area contributed by atoms with Gasteiger partial charge >= 0.3 is 6.09 Å². The summed E-state index contributed by atoms with van der Waals surface area (Å²) < 4.78 is 5.18. The standard InChI is InChI=1S/C25H33N3O5/c1-18-10-8-9-13-20(18)22(23(31)26-16-19-11-6-5-7-12-19)28(14-15-29)21(30)17-27-24(32)33-25(2,3)4/h5-13,22,29H,14-17H2,1-4H3,(H,26,31)(H,27,32). The Hall–Kier alpha value is -3.39. The molecular weight excluding hydrogens is 422 g/mol. The molecule has 0 saturated carbocycles. The number of aryl methyl sites for hydroxylation is 1. The monoisotopic (exact) mass is 455 g/mol. The van der Waals surface area contributed by atoms with Gasteiger partial charge < -0.3 is 25.4 Å². The van der Waals surface area contributed by atoms with Gasteiger partial charge in [0.1, 0.15) is 18.2 Å². The normalized spacial score (nSPS) is 11.9. The van der Waals surface area contributed by atoms with E-state index >= 15 is 0 Å². The van der Waals surface area contributed by atoms with Gasteiger partial charge in [-0.05, 0) is 44.4 Å². The Labute approximate surface area is 194 Å². The molecule has 3 N–H and O–H groups in total. The first-order chi connectivity index (χ1) is 15.6. The van der Waals surface area contributed by atoms with Crippen LogP contribution >= 0.6 is 0 Å². The van der Waals surface area contributed by atoms with Gasteiger partial charge in [-0.1, -0.05) is 54.6 Å². The van der Waals surface area contributed by atoms with Crippen LogP contribution in [0.4, 0.5) is 4.79 Å². The van der Waals surface area contributed by atoms with Crippen molar-refractivity contribution >= 4 is 17.9 Å². The summed E-state index contributed by atoms with van der Waals surface area (Å²) in [6, 6.07) is 15.7. The van der Waals surface area contributed by atoms with Gasteiger partial charge in [0.15, 0.2) is 0 Å². The zero-order chi connectivity index (χ0) is 24.4. The van der Waals surface area contributed by atoms with Crippen molar-refractivity contribution in [1.29, 1.82) is 0 Å². The second-order valence-corrected chi connectivity index (χ2v) is 8.63. The molecule has 0 bridgehead atoms. The van der Waals surface area contributed by atoms with Crippen LogP contribution in [0.25, 0.3) is 0 Å². The Kier molecular flexibility index (Phi) is 9.42. The first-order valence-corrected chi connectivity index (χ1v) is 10.9. The van der Waals surface area contributed by atoms with Crippen molar-refractivity contribution < 1.29 is 24.2 Å². The number of hydrogen-bond donors (Lipinski definition) is 3. The molecule has 0 saturated heterocycles. The lowest BCUT2D eigenvalue weighted by atomic mass is 9.98. The van der Waals surface area contributed by atoms with E-state index in [2.05, 4.69) is 10.6 Å². The smallest absolute Gasteiger partial charge is 0.408 e. The van der Waals surface area contributed by atoms with Crippen LogP contribution in [0, 0.1) is 6.92 Å². The third-order valence-corrected chi connectivity index (χ3v) is 4.80. The maximum Gasteiger partial charge on any atom is 0.408 e. The van der Waals surface area contributed by atoms with Gasteiger partial charge in [-0.3, -0.25) is 9.59 Å². The maximum absolute atomic E-state index is 13.3. The molecule has 1 atom stereocenters. The van der Waals surface area contributed by atoms with Crippen molar-refractivity contribution in [3.05, 3.63) is 71.3 Å². The number of rotatable bonds is 9. The molecule has 0 radical (unpaired) electrons. The van der Waals surface area contributed by atoms with E-state index in [1.54, 1.807) is 32.9 Å². The van der Waals surface area contributed by atoms with Gasteiger partial charge in [0.05, 0.1) is 6.61 Å². The highest BCUT2D eigenvalue weighted by atomic mass is 16.6. The molecule has 33 heavy (non-hydrogen) atoms. The summed E-state index contributed by atoms with van der Waals surface area (Å²) >= 11 is 0. The number of alkyl carbamates (subject to hydrolysis) is 1. The van der Waals surface area contributed by atoms with Crippen LogP contribution in [0.1, 0.15) is 43.5 Å². The van der Waals surface area contributed by atoms with Crippen LogP contribution in [0.2, 0.25) is 0 Å². The van der Waals surface area contributed by atoms with E-state index in [0.717, 1.165) is 11.1 Å². The minimum Gasteiger partial charge on any atom is -0.444 e. The molecule has 3 amide bonds. The number of nitrogens with zero attached hydrogens (tertiary/aromatic N) is 1. The summed E-state index contributed by atoms with van der Waals surface area (Å²) in [7, 11) is 0. The van der Waals surface area contributed by atoms with Crippen LogP contribution in [0.15, 0.2) is 54.6 Å². The fraction of sp³-hybridized carbons (Fsp3) is 0.400. The van der Waals surface area contributed by atoms with Gasteiger partial charge in [-0.15, -0.1) is 0 Å².